The molecule has 0 saturated heterocycles. The molecular weight excluding hydrogens is 170 g/mol. The van der Waals surface area contributed by atoms with Gasteiger partial charge in [0.15, 0.2) is 0 Å². The molecule has 0 heterocycles. The highest BCUT2D eigenvalue weighted by Crippen LogP contribution is 1.95. The molecule has 0 aliphatic rings. The molecule has 0 fully saturated rings. The van der Waals surface area contributed by atoms with Crippen molar-refractivity contribution in [3.63, 3.8) is 0 Å². The molecule has 2 N–H and O–H groups in total. The van der Waals surface area contributed by atoms with Crippen molar-refractivity contribution >= 4 is 5.97 Å². The zero-order chi connectivity index (χ0) is 10.1. The topological polar surface area (TPSA) is 61.6 Å². The Morgan fingerprint density at radius 3 is 2.62 bits per heavy atom. The number of rotatable bonds is 7. The molecule has 1 atom stereocenters. The molecule has 0 spiro atoms. The Kier molecular flexibility index (Phi) is 7.63. The molecule has 0 aromatic carbocycles. The van der Waals surface area contributed by atoms with E-state index >= 15 is 0 Å². The molecule has 0 rings (SSSR count). The van der Waals surface area contributed by atoms with Gasteiger partial charge in [0.25, 0.3) is 0 Å². The van der Waals surface area contributed by atoms with Crippen molar-refractivity contribution < 1.29 is 14.3 Å². The van der Waals surface area contributed by atoms with Crippen LogP contribution in [0.25, 0.3) is 0 Å². The smallest absolute Gasteiger partial charge is 0.322 e. The number of nitrogens with two attached hydrogens (primary N) is 1. The molecule has 0 aromatic rings. The van der Waals surface area contributed by atoms with E-state index in [9.17, 15) is 4.79 Å². The van der Waals surface area contributed by atoms with E-state index in [1.165, 1.54) is 0 Å². The van der Waals surface area contributed by atoms with E-state index in [1.807, 2.05) is 13.8 Å². The minimum Gasteiger partial charge on any atom is -0.462 e. The van der Waals surface area contributed by atoms with Crippen molar-refractivity contribution in [3.05, 3.63) is 0 Å². The maximum atomic E-state index is 11.1. The average Bonchev–Trinajstić information content (AvgIpc) is 2.12. The highest BCUT2D eigenvalue weighted by Gasteiger charge is 2.12. The fourth-order valence-corrected chi connectivity index (χ4v) is 0.881. The average molecular weight is 189 g/mol. The van der Waals surface area contributed by atoms with Crippen LogP contribution in [0, 0.1) is 0 Å². The summed E-state index contributed by atoms with van der Waals surface area (Å²) in [6.45, 7) is 5.25. The molecule has 0 radical (unpaired) electrons. The summed E-state index contributed by atoms with van der Waals surface area (Å²) in [5, 5.41) is 0. The molecule has 78 valence electrons. The van der Waals surface area contributed by atoms with Crippen LogP contribution in [0.5, 0.6) is 0 Å². The minimum atomic E-state index is -0.480. The second-order valence-electron chi connectivity index (χ2n) is 2.76. The van der Waals surface area contributed by atoms with Crippen molar-refractivity contribution in [2.24, 2.45) is 5.73 Å². The van der Waals surface area contributed by atoms with E-state index in [-0.39, 0.29) is 5.97 Å². The highest BCUT2D eigenvalue weighted by atomic mass is 16.6. The molecule has 13 heavy (non-hydrogen) atoms. The van der Waals surface area contributed by atoms with Crippen LogP contribution in [-0.2, 0) is 14.3 Å². The van der Waals surface area contributed by atoms with Gasteiger partial charge in [0.1, 0.15) is 12.6 Å². The van der Waals surface area contributed by atoms with Crippen LogP contribution in [0.15, 0.2) is 0 Å². The SMILES string of the molecule is CCC[C@H](N)C(=O)OCCOCC. The third kappa shape index (κ3) is 6.54. The minimum absolute atomic E-state index is 0.296. The fraction of sp³-hybridized carbons (Fsp3) is 0.889. The Bertz CT molecular complexity index is 139. The first-order chi connectivity index (χ1) is 6.22. The Morgan fingerprint density at radius 1 is 1.38 bits per heavy atom. The van der Waals surface area contributed by atoms with Crippen LogP contribution in [0.4, 0.5) is 0 Å². The maximum absolute atomic E-state index is 11.1. The van der Waals surface area contributed by atoms with Gasteiger partial charge in [-0.15, -0.1) is 0 Å². The normalized spacial score (nSPS) is 12.5. The second-order valence-corrected chi connectivity index (χ2v) is 2.76. The lowest BCUT2D eigenvalue weighted by atomic mass is 10.2. The number of esters is 1. The maximum Gasteiger partial charge on any atom is 0.322 e. The van der Waals surface area contributed by atoms with Crippen molar-refractivity contribution in [1.29, 1.82) is 0 Å². The predicted molar refractivity (Wildman–Crippen MR) is 50.3 cm³/mol. The van der Waals surface area contributed by atoms with E-state index < -0.39 is 6.04 Å². The van der Waals surface area contributed by atoms with Gasteiger partial charge >= 0.3 is 5.97 Å². The van der Waals surface area contributed by atoms with E-state index in [0.29, 0.717) is 26.2 Å². The van der Waals surface area contributed by atoms with Gasteiger partial charge in [0.05, 0.1) is 6.61 Å². The lowest BCUT2D eigenvalue weighted by molar-refractivity contribution is -0.146. The number of carbonyl (C=O) groups excluding carboxylic acids is 1. The van der Waals surface area contributed by atoms with Crippen LogP contribution < -0.4 is 5.73 Å². The van der Waals surface area contributed by atoms with E-state index in [2.05, 4.69) is 0 Å². The molecule has 0 aliphatic heterocycles. The highest BCUT2D eigenvalue weighted by molar-refractivity contribution is 5.75. The van der Waals surface area contributed by atoms with Crippen LogP contribution in [-0.4, -0.2) is 31.8 Å². The summed E-state index contributed by atoms with van der Waals surface area (Å²) < 4.78 is 9.88. The molecule has 0 bridgehead atoms. The Morgan fingerprint density at radius 2 is 2.08 bits per heavy atom. The number of carbonyl (C=O) groups is 1. The van der Waals surface area contributed by atoms with E-state index in [1.54, 1.807) is 0 Å². The summed E-state index contributed by atoms with van der Waals surface area (Å²) >= 11 is 0. The molecular formula is C9H19NO3. The third-order valence-corrected chi connectivity index (χ3v) is 1.58. The Hall–Kier alpha value is -0.610. The van der Waals surface area contributed by atoms with Gasteiger partial charge in [-0.05, 0) is 13.3 Å². The van der Waals surface area contributed by atoms with Gasteiger partial charge in [-0.3, -0.25) is 4.79 Å². The lowest BCUT2D eigenvalue weighted by Crippen LogP contribution is -2.32. The van der Waals surface area contributed by atoms with Crippen LogP contribution >= 0.6 is 0 Å². The van der Waals surface area contributed by atoms with Crippen molar-refractivity contribution in [2.45, 2.75) is 32.7 Å². The molecule has 0 unspecified atom stereocenters. The van der Waals surface area contributed by atoms with Crippen LogP contribution in [0.3, 0.4) is 0 Å². The lowest BCUT2D eigenvalue weighted by Gasteiger charge is -2.09. The van der Waals surface area contributed by atoms with Crippen LogP contribution in [0.1, 0.15) is 26.7 Å². The molecule has 0 aromatic heterocycles. The van der Waals surface area contributed by atoms with Crippen LogP contribution in [0.2, 0.25) is 0 Å². The van der Waals surface area contributed by atoms with Gasteiger partial charge in [-0.25, -0.2) is 0 Å². The first kappa shape index (κ1) is 12.4. The summed E-state index contributed by atoms with van der Waals surface area (Å²) in [5.41, 5.74) is 5.53. The molecule has 4 nitrogen and oxygen atoms in total. The molecule has 0 amide bonds. The van der Waals surface area contributed by atoms with Gasteiger partial charge in [-0.1, -0.05) is 13.3 Å². The number of ether oxygens (including phenoxy) is 2. The zero-order valence-electron chi connectivity index (χ0n) is 8.41. The molecule has 4 heteroatoms. The van der Waals surface area contributed by atoms with Crippen molar-refractivity contribution in [2.75, 3.05) is 19.8 Å². The Balaban J connectivity index is 3.38. The Labute approximate surface area is 79.4 Å². The standard InChI is InChI=1S/C9H19NO3/c1-3-5-8(10)9(11)13-7-6-12-4-2/h8H,3-7,10H2,1-2H3/t8-/m0/s1. The largest absolute Gasteiger partial charge is 0.462 e. The first-order valence-electron chi connectivity index (χ1n) is 4.72. The van der Waals surface area contributed by atoms with Crippen molar-refractivity contribution in [1.82, 2.24) is 0 Å². The van der Waals surface area contributed by atoms with E-state index in [4.69, 9.17) is 15.2 Å². The summed E-state index contributed by atoms with van der Waals surface area (Å²) in [4.78, 5) is 11.1. The van der Waals surface area contributed by atoms with Gasteiger partial charge in [0, 0.05) is 6.61 Å². The summed E-state index contributed by atoms with van der Waals surface area (Å²) in [7, 11) is 0. The predicted octanol–water partition coefficient (Wildman–Crippen LogP) is 0.694. The summed E-state index contributed by atoms with van der Waals surface area (Å²) in [6.07, 6.45) is 1.56. The van der Waals surface area contributed by atoms with Gasteiger partial charge in [0.2, 0.25) is 0 Å². The summed E-state index contributed by atoms with van der Waals surface area (Å²) in [5.74, 6) is -0.332. The summed E-state index contributed by atoms with van der Waals surface area (Å²) in [6, 6.07) is -0.480. The molecule has 0 saturated carbocycles. The molecule has 0 aliphatic carbocycles. The first-order valence-corrected chi connectivity index (χ1v) is 4.72. The monoisotopic (exact) mass is 189 g/mol. The zero-order valence-corrected chi connectivity index (χ0v) is 8.41. The van der Waals surface area contributed by atoms with Crippen molar-refractivity contribution in [3.8, 4) is 0 Å². The van der Waals surface area contributed by atoms with Gasteiger partial charge in [-0.2, -0.15) is 0 Å². The third-order valence-electron chi connectivity index (χ3n) is 1.58. The number of hydrogen-bond donors (Lipinski definition) is 1. The van der Waals surface area contributed by atoms with E-state index in [0.717, 1.165) is 6.42 Å². The fourth-order valence-electron chi connectivity index (χ4n) is 0.881. The van der Waals surface area contributed by atoms with Gasteiger partial charge < -0.3 is 15.2 Å². The second kappa shape index (κ2) is 8.01. The quantitative estimate of drug-likeness (QED) is 0.473. The number of hydrogen-bond acceptors (Lipinski definition) is 4.